The number of nitrogens with zero attached hydrogens (tertiary/aromatic N) is 1. The van der Waals surface area contributed by atoms with Crippen molar-refractivity contribution in [2.24, 2.45) is 0 Å². The molecule has 1 aliphatic rings. The molecule has 18 heavy (non-hydrogen) atoms. The standard InChI is InChI=1S/C12H17NO4S/c1-17-11-8-10(9-14)4-5-12(11)18(15,16)13-6-2-3-7-13/h4-5,8,14H,2-3,6-7,9H2,1H3. The maximum absolute atomic E-state index is 12.4. The summed E-state index contributed by atoms with van der Waals surface area (Å²) in [6.07, 6.45) is 1.80. The largest absolute Gasteiger partial charge is 0.495 e. The van der Waals surface area contributed by atoms with Crippen molar-refractivity contribution in [3.63, 3.8) is 0 Å². The van der Waals surface area contributed by atoms with Gasteiger partial charge in [-0.15, -0.1) is 0 Å². The number of rotatable bonds is 4. The monoisotopic (exact) mass is 271 g/mol. The molecule has 0 atom stereocenters. The number of sulfonamides is 1. The van der Waals surface area contributed by atoms with Crippen molar-refractivity contribution in [2.45, 2.75) is 24.3 Å². The predicted molar refractivity (Wildman–Crippen MR) is 66.9 cm³/mol. The molecular weight excluding hydrogens is 254 g/mol. The van der Waals surface area contributed by atoms with Crippen molar-refractivity contribution < 1.29 is 18.3 Å². The lowest BCUT2D eigenvalue weighted by Crippen LogP contribution is -2.28. The van der Waals surface area contributed by atoms with E-state index in [1.165, 1.54) is 17.5 Å². The van der Waals surface area contributed by atoms with E-state index in [1.54, 1.807) is 12.1 Å². The maximum atomic E-state index is 12.4. The summed E-state index contributed by atoms with van der Waals surface area (Å²) in [4.78, 5) is 0.170. The summed E-state index contributed by atoms with van der Waals surface area (Å²) in [5, 5.41) is 9.05. The Kier molecular flexibility index (Phi) is 3.89. The molecule has 1 saturated heterocycles. The number of benzene rings is 1. The van der Waals surface area contributed by atoms with Gasteiger partial charge in [-0.2, -0.15) is 4.31 Å². The van der Waals surface area contributed by atoms with Crippen LogP contribution in [0.15, 0.2) is 23.1 Å². The Hall–Kier alpha value is -1.11. The van der Waals surface area contributed by atoms with E-state index in [0.717, 1.165) is 12.8 Å². The number of hydrogen-bond acceptors (Lipinski definition) is 4. The van der Waals surface area contributed by atoms with Gasteiger partial charge >= 0.3 is 0 Å². The molecule has 6 heteroatoms. The van der Waals surface area contributed by atoms with E-state index in [2.05, 4.69) is 0 Å². The first-order valence-electron chi connectivity index (χ1n) is 5.87. The van der Waals surface area contributed by atoms with Gasteiger partial charge in [0, 0.05) is 13.1 Å². The van der Waals surface area contributed by atoms with Crippen molar-refractivity contribution in [3.05, 3.63) is 23.8 Å². The second kappa shape index (κ2) is 5.26. The number of ether oxygens (including phenoxy) is 1. The Morgan fingerprint density at radius 2 is 2.00 bits per heavy atom. The van der Waals surface area contributed by atoms with Crippen LogP contribution in [0.1, 0.15) is 18.4 Å². The van der Waals surface area contributed by atoms with E-state index in [-0.39, 0.29) is 17.3 Å². The minimum absolute atomic E-state index is 0.138. The van der Waals surface area contributed by atoms with Crippen molar-refractivity contribution >= 4 is 10.0 Å². The summed E-state index contributed by atoms with van der Waals surface area (Å²) in [6, 6.07) is 4.66. The Balaban J connectivity index is 2.43. The Bertz CT molecular complexity index is 521. The van der Waals surface area contributed by atoms with Crippen molar-refractivity contribution in [1.82, 2.24) is 4.31 Å². The van der Waals surface area contributed by atoms with Crippen LogP contribution in [0.4, 0.5) is 0 Å². The number of hydrogen-bond donors (Lipinski definition) is 1. The molecule has 1 aromatic carbocycles. The normalized spacial score (nSPS) is 17.0. The predicted octanol–water partition coefficient (Wildman–Crippen LogP) is 0.972. The minimum atomic E-state index is -3.48. The summed E-state index contributed by atoms with van der Waals surface area (Å²) >= 11 is 0. The minimum Gasteiger partial charge on any atom is -0.495 e. The van der Waals surface area contributed by atoms with Crippen LogP contribution in [-0.2, 0) is 16.6 Å². The third-order valence-electron chi connectivity index (χ3n) is 3.09. The second-order valence-electron chi connectivity index (χ2n) is 4.25. The molecule has 0 aromatic heterocycles. The summed E-state index contributed by atoms with van der Waals surface area (Å²) in [6.45, 7) is 0.987. The van der Waals surface area contributed by atoms with Crippen LogP contribution in [0.2, 0.25) is 0 Å². The van der Waals surface area contributed by atoms with E-state index < -0.39 is 10.0 Å². The molecule has 0 radical (unpaired) electrons. The maximum Gasteiger partial charge on any atom is 0.246 e. The van der Waals surface area contributed by atoms with Gasteiger partial charge in [0.15, 0.2) is 0 Å². The molecule has 1 aromatic rings. The third-order valence-corrected chi connectivity index (χ3v) is 5.03. The Labute approximate surface area is 107 Å². The molecule has 100 valence electrons. The van der Waals surface area contributed by atoms with Crippen LogP contribution in [0, 0.1) is 0 Å². The van der Waals surface area contributed by atoms with Gasteiger partial charge < -0.3 is 9.84 Å². The lowest BCUT2D eigenvalue weighted by atomic mass is 10.2. The molecular formula is C12H17NO4S. The van der Waals surface area contributed by atoms with Crippen LogP contribution in [0.5, 0.6) is 5.75 Å². The molecule has 1 aliphatic heterocycles. The number of aliphatic hydroxyl groups is 1. The summed E-state index contributed by atoms with van der Waals surface area (Å²) in [5.74, 6) is 0.286. The summed E-state index contributed by atoms with van der Waals surface area (Å²) < 4.78 is 31.4. The fraction of sp³-hybridized carbons (Fsp3) is 0.500. The highest BCUT2D eigenvalue weighted by atomic mass is 32.2. The van der Waals surface area contributed by atoms with Crippen LogP contribution in [0.25, 0.3) is 0 Å². The molecule has 0 unspecified atom stereocenters. The van der Waals surface area contributed by atoms with Gasteiger partial charge in [0.25, 0.3) is 0 Å². The van der Waals surface area contributed by atoms with E-state index in [9.17, 15) is 8.42 Å². The molecule has 1 N–H and O–H groups in total. The first-order chi connectivity index (χ1) is 8.59. The van der Waals surface area contributed by atoms with Gasteiger partial charge in [-0.05, 0) is 30.5 Å². The van der Waals surface area contributed by atoms with E-state index in [1.807, 2.05) is 0 Å². The SMILES string of the molecule is COc1cc(CO)ccc1S(=O)(=O)N1CCCC1. The van der Waals surface area contributed by atoms with Crippen LogP contribution in [0.3, 0.4) is 0 Å². The Morgan fingerprint density at radius 1 is 1.33 bits per heavy atom. The summed E-state index contributed by atoms with van der Waals surface area (Å²) in [5.41, 5.74) is 0.632. The smallest absolute Gasteiger partial charge is 0.246 e. The molecule has 0 amide bonds. The highest BCUT2D eigenvalue weighted by molar-refractivity contribution is 7.89. The molecule has 1 heterocycles. The molecule has 0 spiro atoms. The lowest BCUT2D eigenvalue weighted by Gasteiger charge is -2.17. The van der Waals surface area contributed by atoms with Gasteiger partial charge in [-0.3, -0.25) is 0 Å². The number of methoxy groups -OCH3 is 1. The zero-order chi connectivity index (χ0) is 13.2. The zero-order valence-electron chi connectivity index (χ0n) is 10.3. The van der Waals surface area contributed by atoms with Crippen LogP contribution in [-0.4, -0.2) is 38.0 Å². The molecule has 0 bridgehead atoms. The third kappa shape index (κ3) is 2.36. The van der Waals surface area contributed by atoms with Crippen LogP contribution >= 0.6 is 0 Å². The van der Waals surface area contributed by atoms with E-state index in [0.29, 0.717) is 18.7 Å². The van der Waals surface area contributed by atoms with Crippen LogP contribution < -0.4 is 4.74 Å². The zero-order valence-corrected chi connectivity index (χ0v) is 11.1. The number of aliphatic hydroxyl groups excluding tert-OH is 1. The van der Waals surface area contributed by atoms with Gasteiger partial charge in [0.05, 0.1) is 13.7 Å². The molecule has 1 fully saturated rings. The molecule has 2 rings (SSSR count). The average Bonchev–Trinajstić information content (AvgIpc) is 2.92. The van der Waals surface area contributed by atoms with Crippen molar-refractivity contribution in [3.8, 4) is 5.75 Å². The van der Waals surface area contributed by atoms with E-state index >= 15 is 0 Å². The first-order valence-corrected chi connectivity index (χ1v) is 7.31. The summed E-state index contributed by atoms with van der Waals surface area (Å²) in [7, 11) is -2.05. The molecule has 0 aliphatic carbocycles. The second-order valence-corrected chi connectivity index (χ2v) is 6.16. The highest BCUT2D eigenvalue weighted by Crippen LogP contribution is 2.29. The lowest BCUT2D eigenvalue weighted by molar-refractivity contribution is 0.280. The fourth-order valence-corrected chi connectivity index (χ4v) is 3.74. The van der Waals surface area contributed by atoms with Gasteiger partial charge in [0.2, 0.25) is 10.0 Å². The van der Waals surface area contributed by atoms with Gasteiger partial charge in [0.1, 0.15) is 10.6 Å². The fourth-order valence-electron chi connectivity index (χ4n) is 2.09. The van der Waals surface area contributed by atoms with Gasteiger partial charge in [-0.1, -0.05) is 6.07 Å². The quantitative estimate of drug-likeness (QED) is 0.886. The van der Waals surface area contributed by atoms with Gasteiger partial charge in [-0.25, -0.2) is 8.42 Å². The highest BCUT2D eigenvalue weighted by Gasteiger charge is 2.29. The molecule has 5 nitrogen and oxygen atoms in total. The van der Waals surface area contributed by atoms with E-state index in [4.69, 9.17) is 9.84 Å². The van der Waals surface area contributed by atoms with Crippen molar-refractivity contribution in [2.75, 3.05) is 20.2 Å². The topological polar surface area (TPSA) is 66.8 Å². The first kappa shape index (κ1) is 13.3. The Morgan fingerprint density at radius 3 is 2.56 bits per heavy atom. The van der Waals surface area contributed by atoms with Crippen molar-refractivity contribution in [1.29, 1.82) is 0 Å². The average molecular weight is 271 g/mol. The molecule has 0 saturated carbocycles.